The molecular formula is C91H117B5F5K5N6O27. The zero-order valence-corrected chi connectivity index (χ0v) is 97.0. The van der Waals surface area contributed by atoms with Gasteiger partial charge in [0.05, 0.1) is 34.8 Å². The molecule has 15 fully saturated rings. The molecule has 1 unspecified atom stereocenters. The number of amides is 5. The molecule has 21 rings (SSSR count). The van der Waals surface area contributed by atoms with Crippen LogP contribution in [-0.2, 0) is 155 Å². The van der Waals surface area contributed by atoms with Crippen LogP contribution in [0.2, 0.25) is 0 Å². The van der Waals surface area contributed by atoms with Crippen LogP contribution in [0.4, 0.5) is 21.6 Å². The van der Waals surface area contributed by atoms with Gasteiger partial charge < -0.3 is 128 Å². The molecule has 0 aliphatic carbocycles. The fraction of sp³-hybridized carbons (Fsp3) is 0.527. The molecule has 728 valence electrons. The Labute approximate surface area is 1020 Å². The van der Waals surface area contributed by atoms with Gasteiger partial charge in [0.1, 0.15) is 40.4 Å². The summed E-state index contributed by atoms with van der Waals surface area (Å²) in [5.41, 5.74) is 6.74. The number of para-hydroxylation sites is 1. The van der Waals surface area contributed by atoms with E-state index in [1.54, 1.807) is 7.11 Å². The number of Topliss-reactive ketones (excluding diaryl/α,β-unsaturated/α-hetero) is 6. The smallest absolute Gasteiger partial charge is 0.513 e. The number of benzene rings is 5. The largest absolute Gasteiger partial charge is 1.00 e. The van der Waals surface area contributed by atoms with E-state index in [1.165, 1.54) is 29.2 Å². The Balaban J connectivity index is 0.000000235. The third-order valence-corrected chi connectivity index (χ3v) is 24.7. The Hall–Kier alpha value is -1.63. The molecule has 5 amide bonds. The standard InChI is InChI=1S/C21H25BFN2O6.C19H26BFNO5.C18H24BFNO6.C17H22BFNO5.C16H20BFNO5.5K/c1-14(26)15(8-16-10-24-19-5-3-2-4-18(16)19)9-17(27)6-7-20(28)25-21-11-29-22(23,30-12-21)31-13-21;1-14-6-7-16(10-15(14)2)4-3-5-17(23)8-9-18(24)22-19-11-25-20(21,26-12-19)27-13-19;1-13-3-4-14(16(9-13)24-2)5-6-15(22)7-8-17(23)21-18-10-25-19(20,26-11-18)27-12-18;1-13-2-4-14(5-3-13)6-7-15(21)8-9-16(22)20-17-10-23-18(19,24-11-17)25-12-17;18-17-22-10-16(11-23-17,12-24-17)19-15(21)9-8-14(20)7-6-13-4-2-1-3-5-13;;;;;/h2-5,10,15,24H,6-9,11-13H2,1H3,(H,25,28);6-7,10H,3-5,8-9,11-13H2,1-2H3,(H,22,24);3-4,9H,5-8,10-12H2,1-2H3,(H,21,23);2-5H,6-12H2,1H3,(H,20,22);1-5H,6-12H2,(H,19,21);;;;;/q5*-1;5*+1. The van der Waals surface area contributed by atoms with E-state index >= 15 is 0 Å². The average molecular weight is 2070 g/mol. The van der Waals surface area contributed by atoms with Crippen molar-refractivity contribution in [2.24, 2.45) is 5.92 Å². The van der Waals surface area contributed by atoms with Crippen molar-refractivity contribution in [3.63, 3.8) is 0 Å². The Bertz CT molecular complexity index is 5070. The Morgan fingerprint density at radius 3 is 1.03 bits per heavy atom. The molecule has 1 aromatic heterocycles. The first kappa shape index (κ1) is 124. The molecule has 16 heterocycles. The molecule has 48 heteroatoms. The van der Waals surface area contributed by atoms with Crippen molar-refractivity contribution in [3.8, 4) is 5.75 Å². The third kappa shape index (κ3) is 38.7. The molecule has 0 spiro atoms. The summed E-state index contributed by atoms with van der Waals surface area (Å²) in [6.07, 6.45) is 8.48. The van der Waals surface area contributed by atoms with Crippen LogP contribution in [-0.4, -0.2) is 238 Å². The number of ketones is 6. The van der Waals surface area contributed by atoms with E-state index in [4.69, 9.17) is 74.6 Å². The van der Waals surface area contributed by atoms with Gasteiger partial charge in [-0.1, -0.05) is 109 Å². The minimum absolute atomic E-state index is 0. The molecular weight excluding hydrogens is 1950 g/mol. The second-order valence-electron chi connectivity index (χ2n) is 36.4. The molecule has 6 N–H and O–H groups in total. The number of hydrogen-bond acceptors (Lipinski definition) is 27. The Morgan fingerprint density at radius 2 is 0.669 bits per heavy atom. The number of H-pyrrole nitrogens is 1. The van der Waals surface area contributed by atoms with E-state index in [1.807, 2.05) is 117 Å². The van der Waals surface area contributed by atoms with E-state index in [9.17, 15) is 74.3 Å². The molecule has 15 saturated heterocycles. The normalized spacial score (nSPS) is 26.1. The van der Waals surface area contributed by atoms with Gasteiger partial charge in [-0.15, -0.1) is 0 Å². The predicted octanol–water partition coefficient (Wildman–Crippen LogP) is -6.13. The summed E-state index contributed by atoms with van der Waals surface area (Å²) in [7, 11) is -14.1. The van der Waals surface area contributed by atoms with Crippen LogP contribution in [0.25, 0.3) is 10.9 Å². The van der Waals surface area contributed by atoms with Crippen molar-refractivity contribution < 1.29 is 406 Å². The molecule has 1 atom stereocenters. The van der Waals surface area contributed by atoms with Gasteiger partial charge in [-0.25, -0.2) is 0 Å². The van der Waals surface area contributed by atoms with E-state index in [-0.39, 0.29) is 491 Å². The fourth-order valence-electron chi connectivity index (χ4n) is 16.4. The summed E-state index contributed by atoms with van der Waals surface area (Å²) in [4.78, 5) is 137. The van der Waals surface area contributed by atoms with Gasteiger partial charge in [0.15, 0.2) is 0 Å². The molecule has 5 aromatic carbocycles. The minimum atomic E-state index is -3.19. The second-order valence-corrected chi connectivity index (χ2v) is 36.4. The topological polar surface area (TPSA) is 411 Å². The number of halogens is 5. The van der Waals surface area contributed by atoms with Crippen molar-refractivity contribution in [2.45, 2.75) is 197 Å². The van der Waals surface area contributed by atoms with Gasteiger partial charge in [0, 0.05) is 218 Å². The van der Waals surface area contributed by atoms with Crippen LogP contribution < -0.4 is 288 Å². The number of carbonyl (C=O) groups excluding carboxylic acids is 11. The maximum atomic E-state index is 13.7. The van der Waals surface area contributed by atoms with Crippen LogP contribution >= 0.6 is 0 Å². The number of hydrogen-bond donors (Lipinski definition) is 6. The maximum absolute atomic E-state index is 13.7. The molecule has 10 bridgehead atoms. The number of nitrogens with one attached hydrogen (secondary N) is 6. The van der Waals surface area contributed by atoms with Gasteiger partial charge in [-0.05, 0) is 130 Å². The van der Waals surface area contributed by atoms with E-state index in [0.717, 1.165) is 57.3 Å². The van der Waals surface area contributed by atoms with Crippen LogP contribution in [0.15, 0.2) is 121 Å². The number of aryl methyl sites for hydroxylation is 8. The summed E-state index contributed by atoms with van der Waals surface area (Å²) in [5.74, 6) is -1.32. The number of fused-ring (bicyclic) bond motifs is 16. The number of aromatic amines is 1. The summed E-state index contributed by atoms with van der Waals surface area (Å²) < 4.78 is 146. The Kier molecular flexibility index (Phi) is 51.5. The molecule has 6 aromatic rings. The number of aromatic nitrogens is 1. The quantitative estimate of drug-likeness (QED) is 0.0154. The van der Waals surface area contributed by atoms with E-state index in [0.29, 0.717) is 51.4 Å². The number of methoxy groups -OCH3 is 1. The SMILES string of the molecule is CC(=O)C(CC(=O)CCC(=O)NC12CO[B-](F)(OC1)OC2)Cc1c[nH]c2ccccc12.COc1cc(C)ccc1CCC(=O)CCC(=O)NC12CO[B-](F)(OC1)OC2.Cc1ccc(CCC(=O)CCC(=O)NC23CO[B-](F)(OC2)OC3)cc1.Cc1ccc(CCCC(=O)CCC(=O)NC23CO[B-](F)(OC2)OC3)cc1C.O=C(CCC(=O)NC12CO[B-](F)(OC1)OC2)CCc1ccccc1.[K+].[K+].[K+].[K+].[K+]. The summed E-state index contributed by atoms with van der Waals surface area (Å²) in [6, 6.07) is 37.8. The molecule has 15 aliphatic rings. The van der Waals surface area contributed by atoms with Crippen LogP contribution in [0, 0.1) is 33.6 Å². The van der Waals surface area contributed by atoms with Crippen LogP contribution in [0.3, 0.4) is 0 Å². The number of ether oxygens (including phenoxy) is 1. The van der Waals surface area contributed by atoms with Crippen molar-refractivity contribution in [3.05, 3.63) is 172 Å². The summed E-state index contributed by atoms with van der Waals surface area (Å²) in [5, 5.41) is 14.8. The molecule has 15 aliphatic heterocycles. The number of rotatable bonds is 39. The van der Waals surface area contributed by atoms with Crippen molar-refractivity contribution in [2.75, 3.05) is 106 Å². The predicted molar refractivity (Wildman–Crippen MR) is 479 cm³/mol. The first-order valence-corrected chi connectivity index (χ1v) is 45.4. The average Bonchev–Trinajstić information content (AvgIpc) is 1.64. The van der Waals surface area contributed by atoms with E-state index < -0.39 is 68.8 Å². The first-order chi connectivity index (χ1) is 63.8. The van der Waals surface area contributed by atoms with Crippen LogP contribution in [0.1, 0.15) is 160 Å². The van der Waals surface area contributed by atoms with E-state index in [2.05, 4.69) is 63.6 Å². The van der Waals surface area contributed by atoms with Gasteiger partial charge in [-0.2, -0.15) is 0 Å². The minimum Gasteiger partial charge on any atom is -0.513 e. The van der Waals surface area contributed by atoms with Gasteiger partial charge in [0.2, 0.25) is 29.5 Å². The molecule has 0 saturated carbocycles. The third-order valence-electron chi connectivity index (χ3n) is 24.7. The Morgan fingerprint density at radius 1 is 0.345 bits per heavy atom. The van der Waals surface area contributed by atoms with Crippen molar-refractivity contribution in [1.29, 1.82) is 0 Å². The van der Waals surface area contributed by atoms with Gasteiger partial charge >= 0.3 is 292 Å². The van der Waals surface area contributed by atoms with Gasteiger partial charge in [-0.3, -0.25) is 52.7 Å². The fourth-order valence-corrected chi connectivity index (χ4v) is 16.4. The van der Waals surface area contributed by atoms with Gasteiger partial charge in [0.25, 0.3) is 0 Å². The van der Waals surface area contributed by atoms with Crippen molar-refractivity contribution in [1.82, 2.24) is 31.6 Å². The zero-order valence-electron chi connectivity index (χ0n) is 81.4. The van der Waals surface area contributed by atoms with Crippen LogP contribution in [0.5, 0.6) is 5.75 Å². The maximum Gasteiger partial charge on any atom is 1.00 e. The molecule has 139 heavy (non-hydrogen) atoms. The zero-order chi connectivity index (χ0) is 96.0. The first-order valence-electron chi connectivity index (χ1n) is 45.4. The molecule has 0 radical (unpaired) electrons. The summed E-state index contributed by atoms with van der Waals surface area (Å²) >= 11 is 0. The summed E-state index contributed by atoms with van der Waals surface area (Å²) in [6.45, 7) is 9.60. The second kappa shape index (κ2) is 57.6. The number of carbonyl (C=O) groups is 11. The molecule has 33 nitrogen and oxygen atoms in total. The monoisotopic (exact) mass is 2070 g/mol. The van der Waals surface area contributed by atoms with Crippen molar-refractivity contribution >= 4 is 110 Å².